The summed E-state index contributed by atoms with van der Waals surface area (Å²) in [6.07, 6.45) is 10.8. The minimum absolute atomic E-state index is 0.154. The van der Waals surface area contributed by atoms with E-state index in [0.29, 0.717) is 79.9 Å². The summed E-state index contributed by atoms with van der Waals surface area (Å²) in [4.78, 5) is 55.6. The Kier molecular flexibility index (Phi) is 32.1. The number of sulfonamides is 3. The van der Waals surface area contributed by atoms with Gasteiger partial charge in [0.15, 0.2) is 15.1 Å². The molecule has 109 heavy (non-hydrogen) atoms. The highest BCUT2D eigenvalue weighted by molar-refractivity contribution is 7.89. The number of anilines is 2. The molecule has 28 heteroatoms. The third kappa shape index (κ3) is 30.4. The first-order valence-corrected chi connectivity index (χ1v) is 42.2. The lowest BCUT2D eigenvalue weighted by Gasteiger charge is -2.33. The number of likely N-dealkylation sites (tertiary alicyclic amines) is 3. The predicted molar refractivity (Wildman–Crippen MR) is 427 cm³/mol. The largest absolute Gasteiger partial charge is 0.444 e. The van der Waals surface area contributed by atoms with E-state index in [1.54, 1.807) is 24.3 Å². The van der Waals surface area contributed by atoms with Crippen LogP contribution in [0, 0.1) is 41.5 Å². The SMILES string of the molecule is CC(C)(C)OC(=O)N1CC(C(CCN)CCc2ccccc2)CC1(C)C.CC(C)(C)OC(=O)N1CC(C(CCNc2cccc(S(N)(=O)=O)n2)CCc2ccccc2)CC1(C)C.CC(C)(C)OC(=O)N1CC(C(CCNc2cccc(S(N)(=O)=O)n2)CCc2ccccc2)CC1(C)C.NS(=O)(=O)c1cccc(F)n1. The third-order valence-electron chi connectivity index (χ3n) is 19.7. The average molecular weight is 1570 g/mol. The van der Waals surface area contributed by atoms with E-state index >= 15 is 0 Å². The van der Waals surface area contributed by atoms with Crippen LogP contribution in [0.25, 0.3) is 0 Å². The van der Waals surface area contributed by atoms with Gasteiger partial charge in [-0.1, -0.05) is 109 Å². The predicted octanol–water partition coefficient (Wildman–Crippen LogP) is 14.1. The minimum Gasteiger partial charge on any atom is -0.444 e. The number of nitrogens with zero attached hydrogens (tertiary/aromatic N) is 6. The number of hydrogen-bond donors (Lipinski definition) is 6. The molecule has 24 nitrogen and oxygen atoms in total. The van der Waals surface area contributed by atoms with Crippen LogP contribution in [0.3, 0.4) is 0 Å². The van der Waals surface area contributed by atoms with Crippen molar-refractivity contribution in [2.45, 2.75) is 229 Å². The first kappa shape index (κ1) is 90.0. The Bertz CT molecular complexity index is 4060. The van der Waals surface area contributed by atoms with Crippen molar-refractivity contribution in [3.05, 3.63) is 168 Å². The average Bonchev–Trinajstić information content (AvgIpc) is 1.66. The lowest BCUT2D eigenvalue weighted by atomic mass is 9.81. The van der Waals surface area contributed by atoms with Crippen LogP contribution in [0.15, 0.2) is 161 Å². The van der Waals surface area contributed by atoms with Crippen LogP contribution in [-0.4, -0.2) is 146 Å². The number of nitrogens with one attached hydrogen (secondary N) is 2. The van der Waals surface area contributed by atoms with Crippen molar-refractivity contribution < 1.29 is 58.2 Å². The van der Waals surface area contributed by atoms with Gasteiger partial charge in [0.1, 0.15) is 28.4 Å². The Balaban J connectivity index is 0.000000241. The molecule has 3 aliphatic heterocycles. The van der Waals surface area contributed by atoms with Gasteiger partial charge < -0.3 is 45.3 Å². The topological polar surface area (TPSA) is 358 Å². The number of nitrogens with two attached hydrogens (primary N) is 4. The highest BCUT2D eigenvalue weighted by Gasteiger charge is 2.48. The van der Waals surface area contributed by atoms with Crippen molar-refractivity contribution in [3.8, 4) is 0 Å². The van der Waals surface area contributed by atoms with Crippen molar-refractivity contribution in [2.24, 2.45) is 56.7 Å². The quantitative estimate of drug-likeness (QED) is 0.0229. The van der Waals surface area contributed by atoms with E-state index in [2.05, 4.69) is 151 Å². The van der Waals surface area contributed by atoms with Gasteiger partial charge in [0, 0.05) is 49.3 Å². The molecular weight excluding hydrogens is 1450 g/mol. The molecule has 0 spiro atoms. The lowest BCUT2D eigenvalue weighted by molar-refractivity contribution is 0.0116. The maximum atomic E-state index is 13.0. The highest BCUT2D eigenvalue weighted by Crippen LogP contribution is 2.43. The van der Waals surface area contributed by atoms with Crippen molar-refractivity contribution in [1.29, 1.82) is 0 Å². The van der Waals surface area contributed by atoms with Crippen LogP contribution >= 0.6 is 0 Å². The first-order chi connectivity index (χ1) is 50.6. The zero-order chi connectivity index (χ0) is 81.0. The van der Waals surface area contributed by atoms with Gasteiger partial charge in [0.2, 0.25) is 5.95 Å². The molecule has 3 saturated heterocycles. The lowest BCUT2D eigenvalue weighted by Crippen LogP contribution is -2.45. The molecule has 0 bridgehead atoms. The number of carbonyl (C=O) groups is 3. The van der Waals surface area contributed by atoms with Crippen molar-refractivity contribution in [3.63, 3.8) is 0 Å². The zero-order valence-electron chi connectivity index (χ0n) is 66.5. The van der Waals surface area contributed by atoms with E-state index in [1.807, 2.05) is 89.1 Å². The van der Waals surface area contributed by atoms with Crippen LogP contribution in [-0.2, 0) is 63.5 Å². The fraction of sp³-hybridized carbons (Fsp3) is 0.556. The zero-order valence-corrected chi connectivity index (χ0v) is 69.0. The van der Waals surface area contributed by atoms with Crippen LogP contribution < -0.4 is 31.8 Å². The number of benzene rings is 3. The van der Waals surface area contributed by atoms with Gasteiger partial charge in [-0.25, -0.2) is 70.0 Å². The Labute approximate surface area is 648 Å². The van der Waals surface area contributed by atoms with Gasteiger partial charge in [-0.15, -0.1) is 0 Å². The fourth-order valence-electron chi connectivity index (χ4n) is 14.5. The third-order valence-corrected chi connectivity index (χ3v) is 22.1. The molecule has 6 unspecified atom stereocenters. The molecule has 9 rings (SSSR count). The smallest absolute Gasteiger partial charge is 0.410 e. The number of pyridine rings is 3. The Morgan fingerprint density at radius 2 is 0.706 bits per heavy atom. The number of amides is 3. The summed E-state index contributed by atoms with van der Waals surface area (Å²) >= 11 is 0. The normalized spacial score (nSPS) is 18.4. The fourth-order valence-corrected chi connectivity index (χ4v) is 15.9. The van der Waals surface area contributed by atoms with E-state index in [1.165, 1.54) is 34.9 Å². The number of ether oxygens (including phenoxy) is 3. The van der Waals surface area contributed by atoms with E-state index in [-0.39, 0.29) is 44.9 Å². The van der Waals surface area contributed by atoms with Crippen molar-refractivity contribution in [2.75, 3.05) is 49.9 Å². The first-order valence-electron chi connectivity index (χ1n) is 37.6. The molecule has 3 aromatic heterocycles. The molecule has 3 aromatic carbocycles. The van der Waals surface area contributed by atoms with Gasteiger partial charge in [-0.05, 0) is 276 Å². The molecule has 0 saturated carbocycles. The second kappa shape index (κ2) is 38.9. The maximum absolute atomic E-state index is 13.0. The summed E-state index contributed by atoms with van der Waals surface area (Å²) in [7, 11) is -11.6. The van der Waals surface area contributed by atoms with Crippen molar-refractivity contribution >= 4 is 60.0 Å². The van der Waals surface area contributed by atoms with Crippen LogP contribution in [0.5, 0.6) is 0 Å². The molecule has 10 N–H and O–H groups in total. The summed E-state index contributed by atoms with van der Waals surface area (Å²) in [6, 6.07) is 44.3. The molecule has 3 aliphatic rings. The number of aromatic nitrogens is 3. The summed E-state index contributed by atoms with van der Waals surface area (Å²) in [5, 5.41) is 20.9. The van der Waals surface area contributed by atoms with E-state index in [9.17, 15) is 44.0 Å². The molecule has 6 aromatic rings. The van der Waals surface area contributed by atoms with Gasteiger partial charge in [-0.3, -0.25) is 0 Å². The minimum atomic E-state index is -3.88. The Hall–Kier alpha value is -7.86. The number of rotatable bonds is 25. The Morgan fingerprint density at radius 1 is 0.431 bits per heavy atom. The monoisotopic (exact) mass is 1570 g/mol. The van der Waals surface area contributed by atoms with Crippen LogP contribution in [0.2, 0.25) is 0 Å². The molecule has 6 heterocycles. The number of halogens is 1. The summed E-state index contributed by atoms with van der Waals surface area (Å²) in [5.41, 5.74) is 7.55. The maximum Gasteiger partial charge on any atom is 0.410 e. The molecule has 602 valence electrons. The molecule has 0 aliphatic carbocycles. The molecule has 0 radical (unpaired) electrons. The standard InChI is InChI=1S/2C27H40N4O4S.C22H36N2O2.C5H5FN2O2S/c2*1-26(2,3)35-25(32)31-19-22(18-27(31,4)5)21(15-14-20-10-7-6-8-11-20)16-17-29-23-12-9-13-24(30-23)36(28,33)34;1-21(2,3)26-20(25)24-16-19(15-22(24,4)5)18(13-14-23)12-11-17-9-7-6-8-10-17;6-4-2-1-3-5(8-4)11(7,9)10/h2*6-13,21-22H,14-19H2,1-5H3,(H,29,30)(H2,28,33,34);6-10,18-19H,11-16,23H2,1-5H3;1-3H,(H2,7,9,10). The van der Waals surface area contributed by atoms with Gasteiger partial charge >= 0.3 is 18.3 Å². The van der Waals surface area contributed by atoms with E-state index < -0.39 is 57.8 Å². The van der Waals surface area contributed by atoms with Gasteiger partial charge in [0.05, 0.1) is 0 Å². The van der Waals surface area contributed by atoms with Crippen LogP contribution in [0.4, 0.5) is 30.4 Å². The van der Waals surface area contributed by atoms with E-state index in [4.69, 9.17) is 30.2 Å². The number of aryl methyl sites for hydroxylation is 3. The summed E-state index contributed by atoms with van der Waals surface area (Å²) < 4.78 is 96.9. The van der Waals surface area contributed by atoms with E-state index in [0.717, 1.165) is 95.7 Å². The van der Waals surface area contributed by atoms with Gasteiger partial charge in [0.25, 0.3) is 30.1 Å². The highest BCUT2D eigenvalue weighted by atomic mass is 32.2. The second-order valence-electron chi connectivity index (χ2n) is 33.6. The second-order valence-corrected chi connectivity index (χ2v) is 38.1. The van der Waals surface area contributed by atoms with Gasteiger partial charge in [-0.2, -0.15) is 4.39 Å². The number of hydrogen-bond acceptors (Lipinski definition) is 18. The molecule has 6 atom stereocenters. The van der Waals surface area contributed by atoms with Crippen molar-refractivity contribution in [1.82, 2.24) is 29.7 Å². The molecule has 3 fully saturated rings. The number of primary sulfonamides is 3. The molecule has 3 amide bonds. The van der Waals surface area contributed by atoms with Crippen LogP contribution in [0.1, 0.15) is 178 Å². The summed E-state index contributed by atoms with van der Waals surface area (Å²) in [6.45, 7) is 33.8. The number of carbonyl (C=O) groups excluding carboxylic acids is 3. The Morgan fingerprint density at radius 3 is 0.963 bits per heavy atom. The summed E-state index contributed by atoms with van der Waals surface area (Å²) in [5.74, 6) is 2.45. The molecular formula is C81H121FN12O12S3.